The van der Waals surface area contributed by atoms with Gasteiger partial charge in [0.2, 0.25) is 10.0 Å². The van der Waals surface area contributed by atoms with Gasteiger partial charge in [0.25, 0.3) is 0 Å². The predicted molar refractivity (Wildman–Crippen MR) is 117 cm³/mol. The molecule has 30 heavy (non-hydrogen) atoms. The summed E-state index contributed by atoms with van der Waals surface area (Å²) in [5, 5.41) is 0. The molecule has 162 valence electrons. The first-order valence-electron chi connectivity index (χ1n) is 10.6. The zero-order valence-corrected chi connectivity index (χ0v) is 18.6. The molecule has 0 spiro atoms. The van der Waals surface area contributed by atoms with Crippen molar-refractivity contribution in [3.8, 4) is 11.8 Å². The summed E-state index contributed by atoms with van der Waals surface area (Å²) in [6, 6.07) is 4.86. The van der Waals surface area contributed by atoms with Crippen molar-refractivity contribution < 1.29 is 12.8 Å². The highest BCUT2D eigenvalue weighted by atomic mass is 32.2. The third-order valence-corrected chi connectivity index (χ3v) is 7.20. The zero-order valence-electron chi connectivity index (χ0n) is 17.7. The van der Waals surface area contributed by atoms with Gasteiger partial charge in [-0.3, -0.25) is 0 Å². The number of halogens is 1. The lowest BCUT2D eigenvalue weighted by Crippen LogP contribution is -2.49. The molecule has 3 aliphatic rings. The molecule has 1 aromatic rings. The van der Waals surface area contributed by atoms with E-state index in [0.29, 0.717) is 30.5 Å². The molecule has 0 radical (unpaired) electrons. The molecular weight excluding hydrogens is 401 g/mol. The topological polar surface area (TPSA) is 52.6 Å². The Kier molecular flexibility index (Phi) is 5.58. The van der Waals surface area contributed by atoms with E-state index < -0.39 is 10.0 Å². The second-order valence-electron chi connectivity index (χ2n) is 9.10. The molecule has 0 amide bonds. The van der Waals surface area contributed by atoms with Crippen LogP contribution in [0.25, 0.3) is 0 Å². The van der Waals surface area contributed by atoms with Crippen molar-refractivity contribution in [1.29, 1.82) is 0 Å². The molecule has 2 atom stereocenters. The summed E-state index contributed by atoms with van der Waals surface area (Å²) in [4.78, 5) is 4.34. The van der Waals surface area contributed by atoms with Crippen molar-refractivity contribution in [2.75, 3.05) is 25.9 Å². The van der Waals surface area contributed by atoms with Crippen LogP contribution in [0.5, 0.6) is 0 Å². The molecule has 5 nitrogen and oxygen atoms in total. The van der Waals surface area contributed by atoms with Crippen molar-refractivity contribution in [2.24, 2.45) is 5.41 Å². The number of nitrogens with one attached hydrogen (secondary N) is 1. The second kappa shape index (κ2) is 7.90. The monoisotopic (exact) mass is 431 g/mol. The highest BCUT2D eigenvalue weighted by Crippen LogP contribution is 2.44. The molecular formula is C23H30FN3O2S. The van der Waals surface area contributed by atoms with Gasteiger partial charge in [-0.1, -0.05) is 30.6 Å². The Labute approximate surface area is 179 Å². The third kappa shape index (κ3) is 4.65. The van der Waals surface area contributed by atoms with Crippen molar-refractivity contribution in [3.05, 3.63) is 47.5 Å². The molecule has 4 rings (SSSR count). The normalized spacial score (nSPS) is 24.8. The molecule has 0 bridgehead atoms. The van der Waals surface area contributed by atoms with Crippen LogP contribution in [0.1, 0.15) is 43.7 Å². The van der Waals surface area contributed by atoms with Crippen molar-refractivity contribution in [1.82, 2.24) is 14.5 Å². The lowest BCUT2D eigenvalue weighted by molar-refractivity contribution is 0.142. The van der Waals surface area contributed by atoms with Crippen LogP contribution in [-0.2, 0) is 16.4 Å². The van der Waals surface area contributed by atoms with Gasteiger partial charge in [-0.05, 0) is 50.7 Å². The van der Waals surface area contributed by atoms with E-state index in [1.165, 1.54) is 6.26 Å². The van der Waals surface area contributed by atoms with Gasteiger partial charge < -0.3 is 9.80 Å². The van der Waals surface area contributed by atoms with Gasteiger partial charge in [0, 0.05) is 31.1 Å². The molecule has 7 heteroatoms. The molecule has 1 N–H and O–H groups in total. The average Bonchev–Trinajstić information content (AvgIpc) is 3.23. The van der Waals surface area contributed by atoms with Crippen LogP contribution < -0.4 is 4.72 Å². The fourth-order valence-corrected chi connectivity index (χ4v) is 5.01. The van der Waals surface area contributed by atoms with Crippen LogP contribution in [0, 0.1) is 23.1 Å². The van der Waals surface area contributed by atoms with Gasteiger partial charge in [-0.2, -0.15) is 0 Å². The van der Waals surface area contributed by atoms with Crippen LogP contribution in [0.3, 0.4) is 0 Å². The van der Waals surface area contributed by atoms with Crippen molar-refractivity contribution in [2.45, 2.75) is 51.1 Å². The molecule has 1 aromatic carbocycles. The van der Waals surface area contributed by atoms with Gasteiger partial charge in [-0.25, -0.2) is 17.5 Å². The summed E-state index contributed by atoms with van der Waals surface area (Å²) >= 11 is 0. The smallest absolute Gasteiger partial charge is 0.209 e. The lowest BCUT2D eigenvalue weighted by Gasteiger charge is -2.42. The van der Waals surface area contributed by atoms with E-state index in [1.54, 1.807) is 12.1 Å². The lowest BCUT2D eigenvalue weighted by atomic mass is 9.98. The Balaban J connectivity index is 1.59. The maximum atomic E-state index is 15.3. The van der Waals surface area contributed by atoms with E-state index in [9.17, 15) is 8.42 Å². The molecule has 1 aliphatic carbocycles. The van der Waals surface area contributed by atoms with Crippen molar-refractivity contribution >= 4 is 10.0 Å². The minimum Gasteiger partial charge on any atom is -0.359 e. The maximum absolute atomic E-state index is 15.3. The summed E-state index contributed by atoms with van der Waals surface area (Å²) in [5.41, 5.74) is 1.01. The number of likely N-dealkylation sites (tertiary alicyclic amines) is 2. The Morgan fingerprint density at radius 1 is 1.33 bits per heavy atom. The van der Waals surface area contributed by atoms with E-state index in [0.717, 1.165) is 38.2 Å². The van der Waals surface area contributed by atoms with E-state index in [1.807, 2.05) is 6.07 Å². The summed E-state index contributed by atoms with van der Waals surface area (Å²) in [5.74, 6) is 6.83. The fourth-order valence-electron chi connectivity index (χ4n) is 4.18. The largest absolute Gasteiger partial charge is 0.359 e. The summed E-state index contributed by atoms with van der Waals surface area (Å²) in [6.45, 7) is 8.97. The number of sulfonamides is 1. The number of hydrogen-bond acceptors (Lipinski definition) is 4. The fraction of sp³-hybridized carbons (Fsp3) is 0.565. The van der Waals surface area contributed by atoms with Crippen LogP contribution in [0.4, 0.5) is 4.39 Å². The van der Waals surface area contributed by atoms with E-state index in [4.69, 9.17) is 0 Å². The molecule has 2 heterocycles. The Bertz CT molecular complexity index is 1000. The Hall–Kier alpha value is -2.04. The number of benzene rings is 1. The molecule has 2 aliphatic heterocycles. The first-order chi connectivity index (χ1) is 14.2. The minimum atomic E-state index is -3.37. The van der Waals surface area contributed by atoms with Crippen LogP contribution >= 0.6 is 0 Å². The summed E-state index contributed by atoms with van der Waals surface area (Å²) in [6.07, 6.45) is 5.51. The Morgan fingerprint density at radius 3 is 2.67 bits per heavy atom. The number of hydrogen-bond donors (Lipinski definition) is 1. The quantitative estimate of drug-likeness (QED) is 0.704. The molecule has 0 unspecified atom stereocenters. The van der Waals surface area contributed by atoms with Gasteiger partial charge in [0.15, 0.2) is 0 Å². The van der Waals surface area contributed by atoms with Gasteiger partial charge in [-0.15, -0.1) is 0 Å². The molecule has 1 saturated carbocycles. The van der Waals surface area contributed by atoms with Crippen LogP contribution in [0.2, 0.25) is 0 Å². The van der Waals surface area contributed by atoms with E-state index >= 15 is 4.39 Å². The summed E-state index contributed by atoms with van der Waals surface area (Å²) < 4.78 is 41.8. The standard InChI is InChI=1S/C23H30FN3O2S/c1-17(26-13-5-14-26)27-15-9-20(25-30(3,28)29)21(27)16-19-7-4-6-18(22(19)24)8-10-23(2)11-12-23/h4,6-7,20-21,25H,1,5,9,11-16H2,2-3H3/t20-,21-/m0/s1. The minimum absolute atomic E-state index is 0.0319. The first-order valence-corrected chi connectivity index (χ1v) is 12.5. The molecule has 3 fully saturated rings. The zero-order chi connectivity index (χ0) is 21.5. The third-order valence-electron chi connectivity index (χ3n) is 6.47. The summed E-state index contributed by atoms with van der Waals surface area (Å²) in [7, 11) is -3.37. The molecule has 0 aromatic heterocycles. The number of nitrogens with zero attached hydrogens (tertiary/aromatic N) is 2. The van der Waals surface area contributed by atoms with Crippen LogP contribution in [-0.4, -0.2) is 56.2 Å². The maximum Gasteiger partial charge on any atom is 0.209 e. The van der Waals surface area contributed by atoms with Gasteiger partial charge in [0.05, 0.1) is 23.7 Å². The highest BCUT2D eigenvalue weighted by Gasteiger charge is 2.39. The van der Waals surface area contributed by atoms with Crippen LogP contribution in [0.15, 0.2) is 30.6 Å². The van der Waals surface area contributed by atoms with E-state index in [-0.39, 0.29) is 23.3 Å². The number of rotatable bonds is 6. The van der Waals surface area contributed by atoms with E-state index in [2.05, 4.69) is 39.9 Å². The second-order valence-corrected chi connectivity index (χ2v) is 10.9. The van der Waals surface area contributed by atoms with Crippen molar-refractivity contribution in [3.63, 3.8) is 0 Å². The highest BCUT2D eigenvalue weighted by molar-refractivity contribution is 7.88. The predicted octanol–water partition coefficient (Wildman–Crippen LogP) is 2.69. The SMILES string of the molecule is C=C(N1CCC1)N1CC[C@H](NS(C)(=O)=O)[C@@H]1Cc1cccc(C#CC2(C)CC2)c1F. The molecule has 2 saturated heterocycles. The van der Waals surface area contributed by atoms with Gasteiger partial charge in [0.1, 0.15) is 5.82 Å². The first kappa shape index (κ1) is 21.2. The average molecular weight is 432 g/mol. The Morgan fingerprint density at radius 2 is 2.07 bits per heavy atom. The van der Waals surface area contributed by atoms with Gasteiger partial charge >= 0.3 is 0 Å².